The molecule has 4 aliphatic heterocycles. The SMILES string of the molecule is C/C=C/[C@@]1(OC(=O)C(CC)C(C)C)C(=O)OCc2c1cc1n(c2=O)Cc2c-1nc1ccc(OC(=O)N3CCC(N4CCCCC4)CC3)cc1c2CC. The number of hydrogen-bond acceptors (Lipinski definition) is 9. The van der Waals surface area contributed by atoms with Crippen molar-refractivity contribution in [2.75, 3.05) is 26.2 Å². The van der Waals surface area contributed by atoms with Crippen LogP contribution in [-0.2, 0) is 44.2 Å². The maximum absolute atomic E-state index is 14.2. The number of piperidine rings is 2. The van der Waals surface area contributed by atoms with E-state index in [4.69, 9.17) is 19.2 Å². The third-order valence-corrected chi connectivity index (χ3v) is 11.6. The fourth-order valence-electron chi connectivity index (χ4n) is 8.75. The molecule has 0 spiro atoms. The molecule has 2 atom stereocenters. The van der Waals surface area contributed by atoms with Gasteiger partial charge in [-0.1, -0.05) is 40.2 Å². The summed E-state index contributed by atoms with van der Waals surface area (Å²) in [6, 6.07) is 7.79. The number of fused-ring (bicyclic) bond motifs is 5. The third-order valence-electron chi connectivity index (χ3n) is 11.6. The third kappa shape index (κ3) is 6.20. The van der Waals surface area contributed by atoms with Gasteiger partial charge in [0, 0.05) is 35.6 Å². The van der Waals surface area contributed by atoms with E-state index in [1.807, 2.05) is 37.8 Å². The van der Waals surface area contributed by atoms with Crippen LogP contribution in [0.3, 0.4) is 0 Å². The number of ether oxygens (including phenoxy) is 3. The Balaban J connectivity index is 1.20. The van der Waals surface area contributed by atoms with Gasteiger partial charge < -0.3 is 28.6 Å². The standard InChI is InChI=1S/C41H50N4O7/c1-6-16-41(52-38(47)28(7-2)25(4)5)33-22-35-36-31(23-45(35)37(46)32(33)24-50-39(41)48)29(8-3)30-21-27(12-13-34(30)42-36)51-40(49)44-19-14-26(15-20-44)43-17-10-9-11-18-43/h6,12-13,16,21-22,25-26,28H,7-11,14-15,17-20,23-24H2,1-5H3/b16-6+/t28?,41-/m0/s1. The van der Waals surface area contributed by atoms with Crippen molar-refractivity contribution in [2.45, 2.75) is 104 Å². The Labute approximate surface area is 304 Å². The molecule has 2 saturated heterocycles. The van der Waals surface area contributed by atoms with Crippen LogP contribution in [0.15, 0.2) is 41.2 Å². The molecule has 0 N–H and O–H groups in total. The maximum atomic E-state index is 14.2. The van der Waals surface area contributed by atoms with Gasteiger partial charge in [-0.25, -0.2) is 14.6 Å². The van der Waals surface area contributed by atoms with E-state index in [1.54, 1.807) is 29.7 Å². The molecule has 11 heteroatoms. The van der Waals surface area contributed by atoms with Crippen LogP contribution >= 0.6 is 0 Å². The number of rotatable bonds is 8. The summed E-state index contributed by atoms with van der Waals surface area (Å²) in [6.45, 7) is 13.3. The van der Waals surface area contributed by atoms with Crippen molar-refractivity contribution in [3.63, 3.8) is 0 Å². The Kier molecular flexibility index (Phi) is 9.99. The van der Waals surface area contributed by atoms with E-state index >= 15 is 0 Å². The molecule has 1 unspecified atom stereocenters. The smallest absolute Gasteiger partial charge is 0.415 e. The summed E-state index contributed by atoms with van der Waals surface area (Å²) in [4.78, 5) is 64.0. The number of benzene rings is 1. The predicted molar refractivity (Wildman–Crippen MR) is 197 cm³/mol. The Morgan fingerprint density at radius 2 is 1.79 bits per heavy atom. The van der Waals surface area contributed by atoms with Crippen molar-refractivity contribution in [3.8, 4) is 17.1 Å². The van der Waals surface area contributed by atoms with Crippen LogP contribution < -0.4 is 10.3 Å². The summed E-state index contributed by atoms with van der Waals surface area (Å²) >= 11 is 0. The lowest BCUT2D eigenvalue weighted by Crippen LogP contribution is -2.48. The van der Waals surface area contributed by atoms with Gasteiger partial charge in [-0.3, -0.25) is 9.59 Å². The minimum absolute atomic E-state index is 0.00686. The Bertz CT molecular complexity index is 1990. The number of esters is 2. The zero-order valence-electron chi connectivity index (χ0n) is 31.0. The molecule has 276 valence electrons. The molecule has 2 aromatic heterocycles. The highest BCUT2D eigenvalue weighted by atomic mass is 16.6. The molecule has 1 amide bonds. The molecule has 0 saturated carbocycles. The second-order valence-corrected chi connectivity index (χ2v) is 14.9. The summed E-state index contributed by atoms with van der Waals surface area (Å²) in [5.41, 5.74) is 2.15. The highest BCUT2D eigenvalue weighted by Crippen LogP contribution is 2.42. The number of amides is 1. The molecule has 11 nitrogen and oxygen atoms in total. The maximum Gasteiger partial charge on any atom is 0.415 e. The van der Waals surface area contributed by atoms with Crippen LogP contribution in [0, 0.1) is 11.8 Å². The van der Waals surface area contributed by atoms with Crippen molar-refractivity contribution >= 4 is 28.9 Å². The molecule has 1 aromatic carbocycles. The molecule has 7 rings (SSSR count). The average molecular weight is 711 g/mol. The van der Waals surface area contributed by atoms with Crippen LogP contribution in [0.2, 0.25) is 0 Å². The average Bonchev–Trinajstić information content (AvgIpc) is 3.51. The molecule has 2 fully saturated rings. The second-order valence-electron chi connectivity index (χ2n) is 14.9. The van der Waals surface area contributed by atoms with Crippen molar-refractivity contribution in [2.24, 2.45) is 11.8 Å². The molecule has 52 heavy (non-hydrogen) atoms. The number of hydrogen-bond donors (Lipinski definition) is 0. The predicted octanol–water partition coefficient (Wildman–Crippen LogP) is 6.49. The van der Waals surface area contributed by atoms with Gasteiger partial charge in [0.15, 0.2) is 0 Å². The van der Waals surface area contributed by atoms with Crippen molar-refractivity contribution in [1.29, 1.82) is 0 Å². The molecular formula is C41H50N4O7. The first-order valence-electron chi connectivity index (χ1n) is 19.1. The van der Waals surface area contributed by atoms with Gasteiger partial charge >= 0.3 is 18.0 Å². The first-order chi connectivity index (χ1) is 25.1. The number of aryl methyl sites for hydroxylation is 1. The number of nitrogens with zero attached hydrogens (tertiary/aromatic N) is 4. The number of cyclic esters (lactones) is 1. The lowest BCUT2D eigenvalue weighted by Gasteiger charge is -2.39. The van der Waals surface area contributed by atoms with Crippen molar-refractivity contribution in [1.82, 2.24) is 19.4 Å². The number of carbonyl (C=O) groups excluding carboxylic acids is 3. The number of pyridine rings is 2. The highest BCUT2D eigenvalue weighted by Gasteiger charge is 2.50. The summed E-state index contributed by atoms with van der Waals surface area (Å²) in [7, 11) is 0. The van der Waals surface area contributed by atoms with E-state index in [1.165, 1.54) is 25.3 Å². The molecule has 6 heterocycles. The van der Waals surface area contributed by atoms with Crippen LogP contribution in [0.4, 0.5) is 4.79 Å². The van der Waals surface area contributed by atoms with Crippen LogP contribution in [0.1, 0.15) is 95.4 Å². The molecular weight excluding hydrogens is 660 g/mol. The zero-order valence-corrected chi connectivity index (χ0v) is 31.0. The topological polar surface area (TPSA) is 120 Å². The monoisotopic (exact) mass is 710 g/mol. The number of aromatic nitrogens is 2. The van der Waals surface area contributed by atoms with E-state index in [9.17, 15) is 19.2 Å². The van der Waals surface area contributed by atoms with E-state index in [2.05, 4.69) is 11.8 Å². The fourth-order valence-corrected chi connectivity index (χ4v) is 8.75. The second kappa shape index (κ2) is 14.5. The van der Waals surface area contributed by atoms with Gasteiger partial charge in [-0.2, -0.15) is 0 Å². The molecule has 4 aliphatic rings. The van der Waals surface area contributed by atoms with Crippen LogP contribution in [-0.4, -0.2) is 69.6 Å². The minimum Gasteiger partial charge on any atom is -0.457 e. The molecule has 3 aromatic rings. The summed E-state index contributed by atoms with van der Waals surface area (Å²) < 4.78 is 19.2. The van der Waals surface area contributed by atoms with Crippen molar-refractivity contribution in [3.05, 3.63) is 69.0 Å². The van der Waals surface area contributed by atoms with E-state index in [-0.39, 0.29) is 36.3 Å². The summed E-state index contributed by atoms with van der Waals surface area (Å²) in [5.74, 6) is -1.24. The quantitative estimate of drug-likeness (QED) is 0.149. The molecule has 0 bridgehead atoms. The lowest BCUT2D eigenvalue weighted by molar-refractivity contribution is -0.185. The number of likely N-dealkylation sites (tertiary alicyclic amines) is 2. The minimum atomic E-state index is -1.90. The van der Waals surface area contributed by atoms with Crippen LogP contribution in [0.25, 0.3) is 22.3 Å². The Morgan fingerprint density at radius 3 is 2.46 bits per heavy atom. The number of carbonyl (C=O) groups is 3. The van der Waals surface area contributed by atoms with Gasteiger partial charge in [-0.05, 0) is 100 Å². The normalized spacial score (nSPS) is 21.2. The van der Waals surface area contributed by atoms with Gasteiger partial charge in [0.2, 0.25) is 0 Å². The van der Waals surface area contributed by atoms with Crippen molar-refractivity contribution < 1.29 is 28.6 Å². The van der Waals surface area contributed by atoms with Crippen LogP contribution in [0.5, 0.6) is 5.75 Å². The lowest BCUT2D eigenvalue weighted by atomic mass is 9.86. The summed E-state index contributed by atoms with van der Waals surface area (Å²) in [6.07, 6.45) is 9.76. The van der Waals surface area contributed by atoms with Gasteiger partial charge in [0.25, 0.3) is 11.2 Å². The van der Waals surface area contributed by atoms with Gasteiger partial charge in [0.1, 0.15) is 12.4 Å². The van der Waals surface area contributed by atoms with E-state index in [0.717, 1.165) is 42.4 Å². The summed E-state index contributed by atoms with van der Waals surface area (Å²) in [5, 5.41) is 0.857. The van der Waals surface area contributed by atoms with Gasteiger partial charge in [0.05, 0.1) is 34.9 Å². The van der Waals surface area contributed by atoms with Gasteiger partial charge in [-0.15, -0.1) is 0 Å². The first kappa shape index (κ1) is 35.9. The fraction of sp³-hybridized carbons (Fsp3) is 0.537. The Hall–Kier alpha value is -4.51. The van der Waals surface area contributed by atoms with E-state index in [0.29, 0.717) is 60.2 Å². The Morgan fingerprint density at radius 1 is 1.04 bits per heavy atom. The molecule has 0 radical (unpaired) electrons. The zero-order chi connectivity index (χ0) is 36.7. The highest BCUT2D eigenvalue weighted by molar-refractivity contribution is 5.92. The number of allylic oxidation sites excluding steroid dienone is 1. The van der Waals surface area contributed by atoms with E-state index < -0.39 is 23.5 Å². The molecule has 0 aliphatic carbocycles. The largest absolute Gasteiger partial charge is 0.457 e. The first-order valence-corrected chi connectivity index (χ1v) is 19.1.